The average molecular weight is 370 g/mol. The van der Waals surface area contributed by atoms with E-state index in [4.69, 9.17) is 23.2 Å². The van der Waals surface area contributed by atoms with E-state index < -0.39 is 0 Å². The fraction of sp³-hybridized carbons (Fsp3) is 0.375. The third-order valence-corrected chi connectivity index (χ3v) is 5.88. The van der Waals surface area contributed by atoms with Crippen LogP contribution in [0.1, 0.15) is 17.4 Å². The second kappa shape index (κ2) is 7.18. The van der Waals surface area contributed by atoms with Crippen molar-refractivity contribution >= 4 is 45.6 Å². The number of carbonyl (C=O) groups is 1. The number of benzene rings is 1. The molecule has 1 unspecified atom stereocenters. The first-order valence-corrected chi connectivity index (χ1v) is 9.01. The molecule has 4 nitrogen and oxygen atoms in total. The summed E-state index contributed by atoms with van der Waals surface area (Å²) in [6.45, 7) is 3.77. The number of carbonyl (C=O) groups excluding carboxylic acids is 1. The molecule has 7 heteroatoms. The molecular weight excluding hydrogens is 353 g/mol. The van der Waals surface area contributed by atoms with E-state index in [2.05, 4.69) is 15.6 Å². The van der Waals surface area contributed by atoms with Gasteiger partial charge in [0.25, 0.3) is 0 Å². The summed E-state index contributed by atoms with van der Waals surface area (Å²) in [6, 6.07) is 5.59. The van der Waals surface area contributed by atoms with Gasteiger partial charge in [0.05, 0.1) is 10.0 Å². The van der Waals surface area contributed by atoms with Crippen molar-refractivity contribution in [2.24, 2.45) is 11.8 Å². The second-order valence-corrected chi connectivity index (χ2v) is 7.62. The Bertz CT molecular complexity index is 715. The molecule has 1 atom stereocenters. The summed E-state index contributed by atoms with van der Waals surface area (Å²) in [7, 11) is 0. The minimum atomic E-state index is -0.00836. The molecule has 0 spiro atoms. The van der Waals surface area contributed by atoms with Crippen molar-refractivity contribution in [3.8, 4) is 0 Å². The molecule has 0 aliphatic carbocycles. The minimum Gasteiger partial charge on any atom is -0.316 e. The number of aromatic nitrogens is 1. The molecule has 1 amide bonds. The van der Waals surface area contributed by atoms with Gasteiger partial charge in [-0.3, -0.25) is 4.79 Å². The first-order chi connectivity index (χ1) is 11.0. The van der Waals surface area contributed by atoms with Crippen LogP contribution in [-0.2, 0) is 11.2 Å². The van der Waals surface area contributed by atoms with E-state index in [1.807, 2.05) is 19.1 Å². The van der Waals surface area contributed by atoms with E-state index in [1.165, 1.54) is 11.3 Å². The molecule has 23 heavy (non-hydrogen) atoms. The normalized spacial score (nSPS) is 16.0. The van der Waals surface area contributed by atoms with E-state index in [9.17, 15) is 4.79 Å². The van der Waals surface area contributed by atoms with Crippen LogP contribution in [0.3, 0.4) is 0 Å². The zero-order chi connectivity index (χ0) is 16.4. The maximum absolute atomic E-state index is 12.2. The number of halogens is 2. The molecule has 122 valence electrons. The van der Waals surface area contributed by atoms with Gasteiger partial charge in [0.2, 0.25) is 5.91 Å². The summed E-state index contributed by atoms with van der Waals surface area (Å²) < 4.78 is 0. The van der Waals surface area contributed by atoms with Crippen LogP contribution in [0, 0.1) is 11.8 Å². The zero-order valence-electron chi connectivity index (χ0n) is 12.6. The van der Waals surface area contributed by atoms with Gasteiger partial charge in [0.15, 0.2) is 5.13 Å². The Kier molecular flexibility index (Phi) is 5.21. The highest BCUT2D eigenvalue weighted by molar-refractivity contribution is 7.15. The molecule has 2 N–H and O–H groups in total. The summed E-state index contributed by atoms with van der Waals surface area (Å²) in [4.78, 5) is 17.5. The average Bonchev–Trinajstić information content (AvgIpc) is 2.89. The standard InChI is InChI=1S/C16H17Cl2N3OS/c1-9(11-6-19-7-11)15(22)21-16-20-8-12(23-16)5-10-3-2-4-13(17)14(10)18/h2-4,8-9,11,19H,5-7H2,1H3,(H,20,21,22). The zero-order valence-corrected chi connectivity index (χ0v) is 14.9. The van der Waals surface area contributed by atoms with Crippen LogP contribution in [0.5, 0.6) is 0 Å². The van der Waals surface area contributed by atoms with Gasteiger partial charge >= 0.3 is 0 Å². The highest BCUT2D eigenvalue weighted by Gasteiger charge is 2.29. The van der Waals surface area contributed by atoms with Crippen LogP contribution in [0.25, 0.3) is 0 Å². The molecule has 2 heterocycles. The van der Waals surface area contributed by atoms with Crippen LogP contribution in [0.4, 0.5) is 5.13 Å². The van der Waals surface area contributed by atoms with Gasteiger partial charge < -0.3 is 10.6 Å². The fourth-order valence-corrected chi connectivity index (χ4v) is 3.64. The molecule has 1 aromatic heterocycles. The van der Waals surface area contributed by atoms with Crippen LogP contribution >= 0.6 is 34.5 Å². The molecule has 1 fully saturated rings. The molecule has 0 saturated carbocycles. The van der Waals surface area contributed by atoms with Crippen LogP contribution in [0.15, 0.2) is 24.4 Å². The SMILES string of the molecule is CC(C(=O)Nc1ncc(Cc2cccc(Cl)c2Cl)s1)C1CNC1. The van der Waals surface area contributed by atoms with Gasteiger partial charge in [-0.2, -0.15) is 0 Å². The molecular formula is C16H17Cl2N3OS. The summed E-state index contributed by atoms with van der Waals surface area (Å²) in [6.07, 6.45) is 2.42. The van der Waals surface area contributed by atoms with Crippen molar-refractivity contribution in [1.29, 1.82) is 0 Å². The Morgan fingerprint density at radius 2 is 2.26 bits per heavy atom. The Hall–Kier alpha value is -1.14. The third-order valence-electron chi connectivity index (χ3n) is 4.11. The topological polar surface area (TPSA) is 54.0 Å². The number of amides is 1. The number of nitrogens with zero attached hydrogens (tertiary/aromatic N) is 1. The van der Waals surface area contributed by atoms with Crippen molar-refractivity contribution in [3.63, 3.8) is 0 Å². The highest BCUT2D eigenvalue weighted by Crippen LogP contribution is 2.29. The van der Waals surface area contributed by atoms with Crippen molar-refractivity contribution in [2.45, 2.75) is 13.3 Å². The smallest absolute Gasteiger partial charge is 0.229 e. The number of rotatable bonds is 5. The lowest BCUT2D eigenvalue weighted by molar-refractivity contribution is -0.121. The third kappa shape index (κ3) is 3.86. The number of thiazole rings is 1. The van der Waals surface area contributed by atoms with Gasteiger partial charge in [0, 0.05) is 23.4 Å². The number of hydrogen-bond acceptors (Lipinski definition) is 4. The van der Waals surface area contributed by atoms with Crippen LogP contribution in [-0.4, -0.2) is 24.0 Å². The maximum Gasteiger partial charge on any atom is 0.229 e. The fourth-order valence-electron chi connectivity index (χ4n) is 2.42. The molecule has 1 aromatic carbocycles. The Labute approximate surface area is 149 Å². The molecule has 3 rings (SSSR count). The van der Waals surface area contributed by atoms with E-state index >= 15 is 0 Å². The predicted molar refractivity (Wildman–Crippen MR) is 95.5 cm³/mol. The van der Waals surface area contributed by atoms with E-state index in [0.29, 0.717) is 27.5 Å². The molecule has 0 bridgehead atoms. The summed E-state index contributed by atoms with van der Waals surface area (Å²) in [5, 5.41) is 7.83. The number of anilines is 1. The summed E-state index contributed by atoms with van der Waals surface area (Å²) in [5.41, 5.74) is 0.953. The van der Waals surface area contributed by atoms with Crippen molar-refractivity contribution in [3.05, 3.63) is 44.9 Å². The largest absolute Gasteiger partial charge is 0.316 e. The highest BCUT2D eigenvalue weighted by atomic mass is 35.5. The van der Waals surface area contributed by atoms with Crippen molar-refractivity contribution in [1.82, 2.24) is 10.3 Å². The molecule has 1 aliphatic rings. The Morgan fingerprint density at radius 3 is 2.96 bits per heavy atom. The van der Waals surface area contributed by atoms with Crippen molar-refractivity contribution in [2.75, 3.05) is 18.4 Å². The Morgan fingerprint density at radius 1 is 1.48 bits per heavy atom. The quantitative estimate of drug-likeness (QED) is 0.841. The van der Waals surface area contributed by atoms with Crippen LogP contribution < -0.4 is 10.6 Å². The summed E-state index contributed by atoms with van der Waals surface area (Å²) >= 11 is 13.7. The molecule has 1 saturated heterocycles. The second-order valence-electron chi connectivity index (χ2n) is 5.72. The van der Waals surface area contributed by atoms with E-state index in [0.717, 1.165) is 23.5 Å². The van der Waals surface area contributed by atoms with Crippen LogP contribution in [0.2, 0.25) is 10.0 Å². The maximum atomic E-state index is 12.2. The predicted octanol–water partition coefficient (Wildman–Crippen LogP) is 3.83. The molecule has 1 aliphatic heterocycles. The van der Waals surface area contributed by atoms with Gasteiger partial charge in [-0.1, -0.05) is 42.3 Å². The monoisotopic (exact) mass is 369 g/mol. The number of hydrogen-bond donors (Lipinski definition) is 2. The lowest BCUT2D eigenvalue weighted by Crippen LogP contribution is -2.48. The molecule has 0 radical (unpaired) electrons. The summed E-state index contributed by atoms with van der Waals surface area (Å²) in [5.74, 6) is 0.434. The first-order valence-electron chi connectivity index (χ1n) is 7.43. The first kappa shape index (κ1) is 16.7. The lowest BCUT2D eigenvalue weighted by Gasteiger charge is -2.31. The van der Waals surface area contributed by atoms with Gasteiger partial charge in [-0.05, 0) is 30.6 Å². The van der Waals surface area contributed by atoms with E-state index in [-0.39, 0.29) is 11.8 Å². The van der Waals surface area contributed by atoms with E-state index in [1.54, 1.807) is 12.3 Å². The lowest BCUT2D eigenvalue weighted by atomic mass is 9.88. The van der Waals surface area contributed by atoms with Gasteiger partial charge in [-0.25, -0.2) is 4.98 Å². The van der Waals surface area contributed by atoms with Gasteiger partial charge in [-0.15, -0.1) is 11.3 Å². The van der Waals surface area contributed by atoms with Gasteiger partial charge in [0.1, 0.15) is 0 Å². The minimum absolute atomic E-state index is 0.00836. The van der Waals surface area contributed by atoms with Crippen molar-refractivity contribution < 1.29 is 4.79 Å². The number of nitrogens with one attached hydrogen (secondary N) is 2. The molecule has 2 aromatic rings. The Balaban J connectivity index is 1.63.